The molecular weight excluding hydrogens is 437 g/mol. The maximum Gasteiger partial charge on any atom is 0.573 e. The summed E-state index contributed by atoms with van der Waals surface area (Å²) < 4.78 is 47.8. The number of benzene rings is 2. The van der Waals surface area contributed by atoms with Crippen LogP contribution in [0.1, 0.15) is 21.7 Å². The highest BCUT2D eigenvalue weighted by molar-refractivity contribution is 6.02. The second-order valence-corrected chi connectivity index (χ2v) is 7.62. The highest BCUT2D eigenvalue weighted by Gasteiger charge is 2.31. The van der Waals surface area contributed by atoms with Crippen LogP contribution in [-0.4, -0.2) is 48.4 Å². The van der Waals surface area contributed by atoms with E-state index in [0.717, 1.165) is 42.2 Å². The van der Waals surface area contributed by atoms with E-state index in [4.69, 9.17) is 4.74 Å². The van der Waals surface area contributed by atoms with Crippen molar-refractivity contribution in [1.29, 1.82) is 0 Å². The zero-order chi connectivity index (χ0) is 23.4. The molecule has 0 saturated carbocycles. The molecule has 2 aromatic carbocycles. The van der Waals surface area contributed by atoms with Gasteiger partial charge in [-0.1, -0.05) is 12.1 Å². The summed E-state index contributed by atoms with van der Waals surface area (Å²) in [6, 6.07) is 14.8. The van der Waals surface area contributed by atoms with Gasteiger partial charge in [0.05, 0.1) is 19.8 Å². The largest absolute Gasteiger partial charge is 0.573 e. The van der Waals surface area contributed by atoms with Crippen molar-refractivity contribution in [2.24, 2.45) is 0 Å². The van der Waals surface area contributed by atoms with Gasteiger partial charge in [-0.15, -0.1) is 13.2 Å². The summed E-state index contributed by atoms with van der Waals surface area (Å²) in [5.41, 5.74) is 3.53. The van der Waals surface area contributed by atoms with Gasteiger partial charge in [-0.05, 0) is 55.0 Å². The summed E-state index contributed by atoms with van der Waals surface area (Å²) in [4.78, 5) is 14.9. The van der Waals surface area contributed by atoms with Crippen LogP contribution in [0.2, 0.25) is 0 Å². The van der Waals surface area contributed by atoms with Gasteiger partial charge in [0.1, 0.15) is 5.75 Å². The lowest BCUT2D eigenvalue weighted by molar-refractivity contribution is -0.274. The van der Waals surface area contributed by atoms with Gasteiger partial charge in [0, 0.05) is 30.2 Å². The average molecular weight is 460 g/mol. The molecule has 2 heterocycles. The molecule has 10 heteroatoms. The van der Waals surface area contributed by atoms with Crippen LogP contribution in [0.15, 0.2) is 54.6 Å². The summed E-state index contributed by atoms with van der Waals surface area (Å²) in [5.74, 6) is -0.816. The van der Waals surface area contributed by atoms with E-state index >= 15 is 0 Å². The first-order valence-electron chi connectivity index (χ1n) is 10.4. The minimum absolute atomic E-state index is 0.215. The number of nitrogens with zero attached hydrogens (tertiary/aromatic N) is 3. The predicted octanol–water partition coefficient (Wildman–Crippen LogP) is 4.23. The van der Waals surface area contributed by atoms with E-state index in [1.165, 1.54) is 12.1 Å². The molecule has 7 nitrogen and oxygen atoms in total. The van der Waals surface area contributed by atoms with Crippen LogP contribution in [0.3, 0.4) is 0 Å². The van der Waals surface area contributed by atoms with E-state index in [2.05, 4.69) is 32.2 Å². The van der Waals surface area contributed by atoms with Crippen molar-refractivity contribution in [2.45, 2.75) is 19.8 Å². The van der Waals surface area contributed by atoms with Crippen LogP contribution in [-0.2, 0) is 11.3 Å². The Labute approximate surface area is 188 Å². The molecule has 0 unspecified atom stereocenters. The average Bonchev–Trinajstić information content (AvgIpc) is 3.15. The molecule has 1 aliphatic heterocycles. The smallest absolute Gasteiger partial charge is 0.406 e. The van der Waals surface area contributed by atoms with E-state index in [9.17, 15) is 18.0 Å². The number of alkyl halides is 3. The Morgan fingerprint density at radius 1 is 1.12 bits per heavy atom. The molecule has 174 valence electrons. The number of hydrogen-bond acceptors (Lipinski definition) is 5. The highest BCUT2D eigenvalue weighted by Crippen LogP contribution is 2.24. The zero-order valence-electron chi connectivity index (χ0n) is 17.9. The van der Waals surface area contributed by atoms with Gasteiger partial charge in [0.25, 0.3) is 5.91 Å². The van der Waals surface area contributed by atoms with E-state index in [1.807, 2.05) is 19.1 Å². The molecule has 1 amide bonds. The molecule has 1 saturated heterocycles. The zero-order valence-corrected chi connectivity index (χ0v) is 17.9. The standard InChI is InChI=1S/C23H23F3N4O3/c1-16-13-21(22(31)27-18-5-7-20(8-6-18)33-23(24,25)26)28-30(16)15-17-3-2-4-19(14-17)29-9-11-32-12-10-29/h2-8,13-14H,9-12,15H2,1H3,(H,27,31). The van der Waals surface area contributed by atoms with Crippen LogP contribution < -0.4 is 15.0 Å². The van der Waals surface area contributed by atoms with Gasteiger partial charge in [0.15, 0.2) is 5.69 Å². The number of rotatable bonds is 6. The van der Waals surface area contributed by atoms with E-state index < -0.39 is 12.3 Å². The molecule has 1 aromatic heterocycles. The Balaban J connectivity index is 1.41. The number of aryl methyl sites for hydroxylation is 1. The fourth-order valence-electron chi connectivity index (χ4n) is 3.56. The molecule has 0 spiro atoms. The Kier molecular flexibility index (Phi) is 6.55. The number of aromatic nitrogens is 2. The van der Waals surface area contributed by atoms with Crippen molar-refractivity contribution in [2.75, 3.05) is 36.5 Å². The Morgan fingerprint density at radius 2 is 1.85 bits per heavy atom. The Hall–Kier alpha value is -3.53. The van der Waals surface area contributed by atoms with Gasteiger partial charge in [-0.25, -0.2) is 0 Å². The monoisotopic (exact) mass is 460 g/mol. The van der Waals surface area contributed by atoms with Crippen LogP contribution in [0.5, 0.6) is 5.75 Å². The summed E-state index contributed by atoms with van der Waals surface area (Å²) in [7, 11) is 0. The third-order valence-electron chi connectivity index (χ3n) is 5.18. The Morgan fingerprint density at radius 3 is 2.55 bits per heavy atom. The van der Waals surface area contributed by atoms with Crippen molar-refractivity contribution < 1.29 is 27.4 Å². The number of nitrogens with one attached hydrogen (secondary N) is 1. The fourth-order valence-corrected chi connectivity index (χ4v) is 3.56. The van der Waals surface area contributed by atoms with Crippen molar-refractivity contribution in [3.8, 4) is 5.75 Å². The maximum absolute atomic E-state index is 12.6. The number of halogens is 3. The van der Waals surface area contributed by atoms with E-state index in [1.54, 1.807) is 10.7 Å². The number of ether oxygens (including phenoxy) is 2. The molecule has 1 aliphatic rings. The maximum atomic E-state index is 12.6. The van der Waals surface area contributed by atoms with E-state index in [-0.39, 0.29) is 11.4 Å². The van der Waals surface area contributed by atoms with Crippen LogP contribution in [0, 0.1) is 6.92 Å². The minimum Gasteiger partial charge on any atom is -0.406 e. The molecule has 0 radical (unpaired) electrons. The molecule has 1 N–H and O–H groups in total. The van der Waals surface area contributed by atoms with Crippen LogP contribution >= 0.6 is 0 Å². The van der Waals surface area contributed by atoms with Crippen LogP contribution in [0.25, 0.3) is 0 Å². The molecule has 0 bridgehead atoms. The lowest BCUT2D eigenvalue weighted by atomic mass is 10.1. The number of anilines is 2. The van der Waals surface area contributed by atoms with Crippen molar-refractivity contribution >= 4 is 17.3 Å². The first-order valence-corrected chi connectivity index (χ1v) is 10.4. The van der Waals surface area contributed by atoms with Crippen molar-refractivity contribution in [1.82, 2.24) is 9.78 Å². The molecular formula is C23H23F3N4O3. The molecule has 3 aromatic rings. The number of carbonyl (C=O) groups is 1. The second kappa shape index (κ2) is 9.53. The number of hydrogen-bond donors (Lipinski definition) is 1. The summed E-state index contributed by atoms with van der Waals surface area (Å²) in [5, 5.41) is 7.04. The number of morpholine rings is 1. The highest BCUT2D eigenvalue weighted by atomic mass is 19.4. The minimum atomic E-state index is -4.77. The normalized spacial score (nSPS) is 14.2. The van der Waals surface area contributed by atoms with Crippen molar-refractivity contribution in [3.63, 3.8) is 0 Å². The molecule has 33 heavy (non-hydrogen) atoms. The first-order chi connectivity index (χ1) is 15.8. The number of carbonyl (C=O) groups excluding carboxylic acids is 1. The summed E-state index contributed by atoms with van der Waals surface area (Å²) in [6.07, 6.45) is -4.77. The topological polar surface area (TPSA) is 68.6 Å². The molecule has 0 atom stereocenters. The Bertz CT molecular complexity index is 1110. The quantitative estimate of drug-likeness (QED) is 0.597. The second-order valence-electron chi connectivity index (χ2n) is 7.62. The molecule has 0 aliphatic carbocycles. The lowest BCUT2D eigenvalue weighted by Crippen LogP contribution is -2.36. The molecule has 4 rings (SSSR count). The number of amides is 1. The van der Waals surface area contributed by atoms with Crippen LogP contribution in [0.4, 0.5) is 24.5 Å². The SMILES string of the molecule is Cc1cc(C(=O)Nc2ccc(OC(F)(F)F)cc2)nn1Cc1cccc(N2CCOCC2)c1. The van der Waals surface area contributed by atoms with Crippen molar-refractivity contribution in [3.05, 3.63) is 71.5 Å². The van der Waals surface area contributed by atoms with Gasteiger partial charge in [0.2, 0.25) is 0 Å². The third kappa shape index (κ3) is 6.04. The van der Waals surface area contributed by atoms with Gasteiger partial charge >= 0.3 is 6.36 Å². The van der Waals surface area contributed by atoms with Gasteiger partial charge < -0.3 is 19.7 Å². The van der Waals surface area contributed by atoms with E-state index in [0.29, 0.717) is 25.4 Å². The first kappa shape index (κ1) is 22.7. The predicted molar refractivity (Wildman–Crippen MR) is 117 cm³/mol. The summed E-state index contributed by atoms with van der Waals surface area (Å²) in [6.45, 7) is 5.47. The lowest BCUT2D eigenvalue weighted by Gasteiger charge is -2.29. The fraction of sp³-hybridized carbons (Fsp3) is 0.304. The summed E-state index contributed by atoms with van der Waals surface area (Å²) >= 11 is 0. The molecule has 1 fully saturated rings. The van der Waals surface area contributed by atoms with Gasteiger partial charge in [-0.3, -0.25) is 9.48 Å². The third-order valence-corrected chi connectivity index (χ3v) is 5.18. The van der Waals surface area contributed by atoms with Gasteiger partial charge in [-0.2, -0.15) is 5.10 Å².